The summed E-state index contributed by atoms with van der Waals surface area (Å²) in [5.74, 6) is 0.280. The molecular weight excluding hydrogens is 410 g/mol. The van der Waals surface area contributed by atoms with Crippen LogP contribution >= 0.6 is 11.6 Å². The minimum Gasteiger partial charge on any atom is -0.454 e. The summed E-state index contributed by atoms with van der Waals surface area (Å²) in [5.41, 5.74) is 4.17. The number of nitrogens with one attached hydrogen (secondary N) is 1. The highest BCUT2D eigenvalue weighted by Crippen LogP contribution is 2.32. The maximum atomic E-state index is 13.2. The standard InChI is InChI=1S/C25H20ClN3O2/c1-14-11-18(15(2)28-21-9-10-22(26)29-16(21)3)25-19(12-14)23(30)20(13-27)24(31-25)17-7-5-4-6-8-17/h4-12,15,28H,1-3H3/t15-/m1/s1. The number of nitriles is 1. The first kappa shape index (κ1) is 20.6. The lowest BCUT2D eigenvalue weighted by Gasteiger charge is -2.19. The quantitative estimate of drug-likeness (QED) is 0.392. The zero-order valence-electron chi connectivity index (χ0n) is 17.4. The second-order valence-corrected chi connectivity index (χ2v) is 7.86. The lowest BCUT2D eigenvalue weighted by atomic mass is 9.98. The molecule has 0 radical (unpaired) electrons. The van der Waals surface area contributed by atoms with E-state index in [0.29, 0.717) is 21.7 Å². The van der Waals surface area contributed by atoms with Crippen LogP contribution in [0.15, 0.2) is 63.8 Å². The number of pyridine rings is 1. The molecule has 0 aliphatic carbocycles. The molecule has 0 amide bonds. The van der Waals surface area contributed by atoms with E-state index in [-0.39, 0.29) is 22.8 Å². The number of aryl methyl sites for hydroxylation is 2. The largest absolute Gasteiger partial charge is 0.454 e. The Kier molecular flexibility index (Phi) is 5.50. The van der Waals surface area contributed by atoms with Crippen LogP contribution in [-0.2, 0) is 0 Å². The number of anilines is 1. The summed E-state index contributed by atoms with van der Waals surface area (Å²) in [7, 11) is 0. The van der Waals surface area contributed by atoms with Gasteiger partial charge in [0.25, 0.3) is 0 Å². The number of hydrogen-bond donors (Lipinski definition) is 1. The van der Waals surface area contributed by atoms with Gasteiger partial charge in [0.1, 0.15) is 22.4 Å². The van der Waals surface area contributed by atoms with Gasteiger partial charge in [0.15, 0.2) is 5.76 Å². The molecule has 2 heterocycles. The van der Waals surface area contributed by atoms with E-state index < -0.39 is 0 Å². The van der Waals surface area contributed by atoms with Gasteiger partial charge in [-0.25, -0.2) is 4.98 Å². The van der Waals surface area contributed by atoms with Crippen LogP contribution in [0.1, 0.15) is 35.3 Å². The average Bonchev–Trinajstić information content (AvgIpc) is 2.76. The summed E-state index contributed by atoms with van der Waals surface area (Å²) in [6, 6.07) is 18.4. The van der Waals surface area contributed by atoms with Gasteiger partial charge < -0.3 is 9.73 Å². The molecule has 4 rings (SSSR count). The average molecular weight is 430 g/mol. The van der Waals surface area contributed by atoms with Gasteiger partial charge in [-0.1, -0.05) is 48.0 Å². The van der Waals surface area contributed by atoms with Crippen molar-refractivity contribution in [3.63, 3.8) is 0 Å². The molecule has 0 saturated heterocycles. The normalized spacial score (nSPS) is 11.8. The van der Waals surface area contributed by atoms with Crippen molar-refractivity contribution in [2.75, 3.05) is 5.32 Å². The predicted octanol–water partition coefficient (Wildman–Crippen LogP) is 6.17. The number of fused-ring (bicyclic) bond motifs is 1. The number of halogens is 1. The van der Waals surface area contributed by atoms with Crippen molar-refractivity contribution < 1.29 is 4.42 Å². The van der Waals surface area contributed by atoms with Gasteiger partial charge in [-0.05, 0) is 44.5 Å². The Labute approximate surface area is 184 Å². The third-order valence-corrected chi connectivity index (χ3v) is 5.41. The van der Waals surface area contributed by atoms with E-state index in [9.17, 15) is 10.1 Å². The van der Waals surface area contributed by atoms with Crippen molar-refractivity contribution in [1.82, 2.24) is 4.98 Å². The zero-order valence-corrected chi connectivity index (χ0v) is 18.1. The Bertz CT molecular complexity index is 1390. The minimum absolute atomic E-state index is 0.00797. The number of hydrogen-bond acceptors (Lipinski definition) is 5. The molecule has 0 unspecified atom stereocenters. The molecule has 1 N–H and O–H groups in total. The highest BCUT2D eigenvalue weighted by atomic mass is 35.5. The van der Waals surface area contributed by atoms with Crippen LogP contribution < -0.4 is 10.7 Å². The third kappa shape index (κ3) is 3.90. The summed E-state index contributed by atoms with van der Waals surface area (Å²) in [4.78, 5) is 17.5. The Balaban J connectivity index is 1.92. The molecule has 4 aromatic rings. The molecule has 31 heavy (non-hydrogen) atoms. The van der Waals surface area contributed by atoms with E-state index in [2.05, 4.69) is 10.3 Å². The second kappa shape index (κ2) is 8.25. The van der Waals surface area contributed by atoms with E-state index in [0.717, 1.165) is 22.5 Å². The van der Waals surface area contributed by atoms with E-state index in [4.69, 9.17) is 16.0 Å². The van der Waals surface area contributed by atoms with Crippen molar-refractivity contribution in [3.05, 3.63) is 92.4 Å². The molecule has 2 aromatic heterocycles. The van der Waals surface area contributed by atoms with Crippen molar-refractivity contribution in [2.45, 2.75) is 26.8 Å². The fraction of sp³-hybridized carbons (Fsp3) is 0.160. The molecule has 0 saturated carbocycles. The molecule has 0 aliphatic rings. The van der Waals surface area contributed by atoms with Gasteiger partial charge in [-0.3, -0.25) is 4.79 Å². The third-order valence-electron chi connectivity index (χ3n) is 5.20. The first-order chi connectivity index (χ1) is 14.9. The van der Waals surface area contributed by atoms with Crippen LogP contribution in [0.4, 0.5) is 5.69 Å². The molecule has 0 aliphatic heterocycles. The number of rotatable bonds is 4. The van der Waals surface area contributed by atoms with Crippen LogP contribution in [0.3, 0.4) is 0 Å². The van der Waals surface area contributed by atoms with Crippen LogP contribution in [-0.4, -0.2) is 4.98 Å². The fourth-order valence-corrected chi connectivity index (χ4v) is 3.87. The SMILES string of the molecule is Cc1cc([C@@H](C)Nc2ccc(Cl)nc2C)c2oc(-c3ccccc3)c(C#N)c(=O)c2c1. The number of benzene rings is 2. The van der Waals surface area contributed by atoms with Crippen molar-refractivity contribution in [3.8, 4) is 17.4 Å². The molecule has 5 nitrogen and oxygen atoms in total. The van der Waals surface area contributed by atoms with Crippen LogP contribution in [0.5, 0.6) is 0 Å². The fourth-order valence-electron chi connectivity index (χ4n) is 3.68. The highest BCUT2D eigenvalue weighted by Gasteiger charge is 2.21. The lowest BCUT2D eigenvalue weighted by Crippen LogP contribution is -2.13. The molecule has 0 bridgehead atoms. The molecule has 0 fully saturated rings. The molecule has 154 valence electrons. The van der Waals surface area contributed by atoms with Crippen LogP contribution in [0.2, 0.25) is 5.15 Å². The summed E-state index contributed by atoms with van der Waals surface area (Å²) < 4.78 is 6.25. The molecule has 0 spiro atoms. The highest BCUT2D eigenvalue weighted by molar-refractivity contribution is 6.29. The molecule has 2 aromatic carbocycles. The minimum atomic E-state index is -0.330. The second-order valence-electron chi connectivity index (χ2n) is 7.48. The van der Waals surface area contributed by atoms with Crippen LogP contribution in [0.25, 0.3) is 22.3 Å². The Morgan fingerprint density at radius 2 is 1.87 bits per heavy atom. The smallest absolute Gasteiger partial charge is 0.211 e. The van der Waals surface area contributed by atoms with Gasteiger partial charge >= 0.3 is 0 Å². The number of nitrogens with zero attached hydrogens (tertiary/aromatic N) is 2. The maximum absolute atomic E-state index is 13.2. The van der Waals surface area contributed by atoms with Gasteiger partial charge in [0, 0.05) is 11.1 Å². The Morgan fingerprint density at radius 3 is 2.55 bits per heavy atom. The van der Waals surface area contributed by atoms with Gasteiger partial charge in [0.05, 0.1) is 22.8 Å². The van der Waals surface area contributed by atoms with Crippen molar-refractivity contribution >= 4 is 28.3 Å². The van der Waals surface area contributed by atoms with E-state index in [1.54, 1.807) is 12.1 Å². The summed E-state index contributed by atoms with van der Waals surface area (Å²) in [6.07, 6.45) is 0. The Hall–Kier alpha value is -3.62. The van der Waals surface area contributed by atoms with E-state index in [1.165, 1.54) is 0 Å². The summed E-state index contributed by atoms with van der Waals surface area (Å²) in [5, 5.41) is 13.9. The van der Waals surface area contributed by atoms with Gasteiger partial charge in [0.2, 0.25) is 5.43 Å². The molecular formula is C25H20ClN3O2. The monoisotopic (exact) mass is 429 g/mol. The first-order valence-corrected chi connectivity index (χ1v) is 10.2. The predicted molar refractivity (Wildman–Crippen MR) is 123 cm³/mol. The Morgan fingerprint density at radius 1 is 1.13 bits per heavy atom. The van der Waals surface area contributed by atoms with Gasteiger partial charge in [-0.15, -0.1) is 0 Å². The zero-order chi connectivity index (χ0) is 22.1. The lowest BCUT2D eigenvalue weighted by molar-refractivity contribution is 0.608. The molecule has 6 heteroatoms. The number of aromatic nitrogens is 1. The van der Waals surface area contributed by atoms with E-state index >= 15 is 0 Å². The van der Waals surface area contributed by atoms with Crippen molar-refractivity contribution in [2.24, 2.45) is 0 Å². The van der Waals surface area contributed by atoms with E-state index in [1.807, 2.05) is 69.3 Å². The van der Waals surface area contributed by atoms with Crippen LogP contribution in [0, 0.1) is 25.2 Å². The molecule has 1 atom stereocenters. The summed E-state index contributed by atoms with van der Waals surface area (Å²) in [6.45, 7) is 5.78. The topological polar surface area (TPSA) is 78.9 Å². The first-order valence-electron chi connectivity index (χ1n) is 9.85. The van der Waals surface area contributed by atoms with Gasteiger partial charge in [-0.2, -0.15) is 5.26 Å². The summed E-state index contributed by atoms with van der Waals surface area (Å²) >= 11 is 5.98. The van der Waals surface area contributed by atoms with Crippen molar-refractivity contribution in [1.29, 1.82) is 5.26 Å². The maximum Gasteiger partial charge on any atom is 0.211 e.